The predicted molar refractivity (Wildman–Crippen MR) is 142 cm³/mol. The molecule has 37 heavy (non-hydrogen) atoms. The molecule has 0 unspecified atom stereocenters. The highest BCUT2D eigenvalue weighted by Gasteiger charge is 2.36. The first-order chi connectivity index (χ1) is 17.9. The standard InChI is InChI=1S/C30H25N5O2/c1-34-18-33-17-28(34)30(32)22-8-9-26-25(13-22)24(15-29(36)35(26)2)20-5-3-4-19(12-20)10-11-37-27-14-23(30)7-6-21(27)16-31/h3-9,12-15,17-18H,10-11,32H2,1-2H3/t30-/m1/s1. The lowest BCUT2D eigenvalue weighted by molar-refractivity contribution is 0.320. The zero-order valence-corrected chi connectivity index (χ0v) is 20.6. The summed E-state index contributed by atoms with van der Waals surface area (Å²) in [6, 6.07) is 23.5. The van der Waals surface area contributed by atoms with Crippen molar-refractivity contribution >= 4 is 10.9 Å². The Balaban J connectivity index is 1.75. The van der Waals surface area contributed by atoms with Gasteiger partial charge in [0.15, 0.2) is 0 Å². The molecular weight excluding hydrogens is 462 g/mol. The summed E-state index contributed by atoms with van der Waals surface area (Å²) in [5.41, 5.74) is 12.7. The topological polar surface area (TPSA) is 98.9 Å². The molecule has 0 amide bonds. The molecule has 0 spiro atoms. The second-order valence-electron chi connectivity index (χ2n) is 9.51. The summed E-state index contributed by atoms with van der Waals surface area (Å²) in [5, 5.41) is 10.7. The SMILES string of the molecule is Cn1cncc1[C@]1(N)c2ccc(C#N)c(c2)OCCc2cccc(c2)-c2cc(=O)n(C)c3ccc1cc23. The van der Waals surface area contributed by atoms with Crippen molar-refractivity contribution in [3.05, 3.63) is 118 Å². The highest BCUT2D eigenvalue weighted by molar-refractivity contribution is 5.95. The summed E-state index contributed by atoms with van der Waals surface area (Å²) >= 11 is 0. The van der Waals surface area contributed by atoms with Crippen LogP contribution in [0.5, 0.6) is 5.75 Å². The van der Waals surface area contributed by atoms with Crippen molar-refractivity contribution in [3.63, 3.8) is 0 Å². The van der Waals surface area contributed by atoms with Gasteiger partial charge in [-0.1, -0.05) is 36.4 Å². The molecule has 2 aromatic heterocycles. The van der Waals surface area contributed by atoms with E-state index < -0.39 is 5.54 Å². The third-order valence-electron chi connectivity index (χ3n) is 7.37. The van der Waals surface area contributed by atoms with E-state index in [0.717, 1.165) is 44.4 Å². The highest BCUT2D eigenvalue weighted by Crippen LogP contribution is 2.39. The van der Waals surface area contributed by atoms with Gasteiger partial charge in [0, 0.05) is 32.0 Å². The number of ether oxygens (including phenoxy) is 1. The third-order valence-corrected chi connectivity index (χ3v) is 7.37. The number of nitrogens with two attached hydrogens (primary N) is 1. The molecule has 0 fully saturated rings. The van der Waals surface area contributed by atoms with Crippen LogP contribution in [0.4, 0.5) is 0 Å². The van der Waals surface area contributed by atoms with Crippen LogP contribution in [0.2, 0.25) is 0 Å². The summed E-state index contributed by atoms with van der Waals surface area (Å²) in [4.78, 5) is 17.3. The van der Waals surface area contributed by atoms with Crippen LogP contribution in [0.15, 0.2) is 84.0 Å². The van der Waals surface area contributed by atoms with Crippen molar-refractivity contribution in [2.75, 3.05) is 6.61 Å². The Hall–Kier alpha value is -4.67. The summed E-state index contributed by atoms with van der Waals surface area (Å²) in [7, 11) is 3.69. The zero-order valence-electron chi connectivity index (χ0n) is 20.6. The Morgan fingerprint density at radius 1 is 1.05 bits per heavy atom. The van der Waals surface area contributed by atoms with E-state index in [1.165, 1.54) is 0 Å². The van der Waals surface area contributed by atoms with Crippen LogP contribution in [0, 0.1) is 11.3 Å². The normalized spacial score (nSPS) is 16.7. The fourth-order valence-electron chi connectivity index (χ4n) is 5.30. The van der Waals surface area contributed by atoms with Crippen LogP contribution >= 0.6 is 0 Å². The molecule has 0 radical (unpaired) electrons. The van der Waals surface area contributed by atoms with Gasteiger partial charge < -0.3 is 19.6 Å². The molecule has 7 heteroatoms. The lowest BCUT2D eigenvalue weighted by atomic mass is 9.79. The number of nitriles is 1. The van der Waals surface area contributed by atoms with Gasteiger partial charge in [-0.15, -0.1) is 0 Å². The molecule has 0 aliphatic carbocycles. The van der Waals surface area contributed by atoms with Crippen molar-refractivity contribution < 1.29 is 4.74 Å². The Kier molecular flexibility index (Phi) is 5.21. The Labute approximate surface area is 214 Å². The van der Waals surface area contributed by atoms with Gasteiger partial charge in [0.25, 0.3) is 5.56 Å². The number of hydrogen-bond acceptors (Lipinski definition) is 5. The first-order valence-corrected chi connectivity index (χ1v) is 12.1. The van der Waals surface area contributed by atoms with E-state index in [-0.39, 0.29) is 5.56 Å². The van der Waals surface area contributed by atoms with Gasteiger partial charge in [-0.3, -0.25) is 4.79 Å². The number of pyridine rings is 1. The van der Waals surface area contributed by atoms with Crippen LogP contribution in [0.3, 0.4) is 0 Å². The highest BCUT2D eigenvalue weighted by atomic mass is 16.5. The molecule has 3 aromatic carbocycles. The Bertz CT molecular complexity index is 1790. The lowest BCUT2D eigenvalue weighted by Crippen LogP contribution is -2.41. The minimum Gasteiger partial charge on any atom is -0.492 e. The molecule has 1 atom stereocenters. The average Bonchev–Trinajstić information content (AvgIpc) is 3.36. The van der Waals surface area contributed by atoms with Crippen molar-refractivity contribution in [1.29, 1.82) is 5.26 Å². The smallest absolute Gasteiger partial charge is 0.251 e. The number of aromatic nitrogens is 3. The molecule has 3 heterocycles. The number of benzene rings is 3. The van der Waals surface area contributed by atoms with Crippen LogP contribution < -0.4 is 16.0 Å². The maximum Gasteiger partial charge on any atom is 0.251 e. The van der Waals surface area contributed by atoms with Gasteiger partial charge >= 0.3 is 0 Å². The largest absolute Gasteiger partial charge is 0.492 e. The van der Waals surface area contributed by atoms with Crippen LogP contribution in [-0.2, 0) is 26.1 Å². The second-order valence-corrected chi connectivity index (χ2v) is 9.51. The van der Waals surface area contributed by atoms with E-state index in [0.29, 0.717) is 24.3 Å². The number of rotatable bonds is 1. The number of hydrogen-bond donors (Lipinski definition) is 1. The lowest BCUT2D eigenvalue weighted by Gasteiger charge is -2.32. The van der Waals surface area contributed by atoms with E-state index in [1.807, 2.05) is 54.1 Å². The Morgan fingerprint density at radius 3 is 2.65 bits per heavy atom. The molecule has 6 rings (SSSR count). The monoisotopic (exact) mass is 487 g/mol. The molecule has 5 aromatic rings. The van der Waals surface area contributed by atoms with Gasteiger partial charge in [0.05, 0.1) is 35.9 Å². The zero-order chi connectivity index (χ0) is 25.7. The molecule has 0 saturated heterocycles. The molecular formula is C30H25N5O2. The first kappa shape index (κ1) is 22.8. The number of aryl methyl sites for hydroxylation is 2. The van der Waals surface area contributed by atoms with E-state index in [9.17, 15) is 10.1 Å². The van der Waals surface area contributed by atoms with Gasteiger partial charge in [-0.05, 0) is 52.1 Å². The quantitative estimate of drug-likeness (QED) is 0.385. The average molecular weight is 488 g/mol. The molecule has 0 saturated carbocycles. The maximum atomic E-state index is 12.9. The van der Waals surface area contributed by atoms with E-state index in [1.54, 1.807) is 36.3 Å². The minimum atomic E-state index is -1.11. The predicted octanol–water partition coefficient (Wildman–Crippen LogP) is 4.00. The van der Waals surface area contributed by atoms with E-state index in [4.69, 9.17) is 10.5 Å². The summed E-state index contributed by atoms with van der Waals surface area (Å²) in [5.74, 6) is 0.495. The van der Waals surface area contributed by atoms with Crippen molar-refractivity contribution in [2.24, 2.45) is 19.8 Å². The fourth-order valence-corrected chi connectivity index (χ4v) is 5.30. The fraction of sp³-hybridized carbons (Fsp3) is 0.167. The van der Waals surface area contributed by atoms with Gasteiger partial charge in [0.1, 0.15) is 17.4 Å². The first-order valence-electron chi connectivity index (χ1n) is 12.1. The van der Waals surface area contributed by atoms with Crippen molar-refractivity contribution in [2.45, 2.75) is 12.0 Å². The molecule has 7 nitrogen and oxygen atoms in total. The second kappa shape index (κ2) is 8.47. The number of imidazole rings is 1. The molecule has 6 bridgehead atoms. The van der Waals surface area contributed by atoms with E-state index >= 15 is 0 Å². The Morgan fingerprint density at radius 2 is 1.86 bits per heavy atom. The summed E-state index contributed by atoms with van der Waals surface area (Å²) in [6.07, 6.45) is 4.13. The molecule has 1 aliphatic heterocycles. The molecule has 1 aliphatic rings. The third kappa shape index (κ3) is 3.53. The van der Waals surface area contributed by atoms with Gasteiger partial charge in [-0.2, -0.15) is 5.26 Å². The van der Waals surface area contributed by atoms with Gasteiger partial charge in [-0.25, -0.2) is 4.98 Å². The number of nitrogens with zero attached hydrogens (tertiary/aromatic N) is 4. The van der Waals surface area contributed by atoms with E-state index in [2.05, 4.69) is 23.2 Å². The van der Waals surface area contributed by atoms with Crippen LogP contribution in [-0.4, -0.2) is 20.7 Å². The van der Waals surface area contributed by atoms with Gasteiger partial charge in [0.2, 0.25) is 0 Å². The van der Waals surface area contributed by atoms with Crippen LogP contribution in [0.25, 0.3) is 22.0 Å². The van der Waals surface area contributed by atoms with Crippen molar-refractivity contribution in [1.82, 2.24) is 14.1 Å². The number of fused-ring (bicyclic) bond motifs is 6. The molecule has 2 N–H and O–H groups in total. The summed E-state index contributed by atoms with van der Waals surface area (Å²) in [6.45, 7) is 0.391. The van der Waals surface area contributed by atoms with Crippen LogP contribution in [0.1, 0.15) is 27.9 Å². The minimum absolute atomic E-state index is 0.0764. The van der Waals surface area contributed by atoms with Crippen molar-refractivity contribution in [3.8, 4) is 22.9 Å². The summed E-state index contributed by atoms with van der Waals surface area (Å²) < 4.78 is 9.70. The molecule has 182 valence electrons. The maximum absolute atomic E-state index is 12.9.